The predicted molar refractivity (Wildman–Crippen MR) is 88.0 cm³/mol. The minimum Gasteiger partial charge on any atom is -0.387 e. The third kappa shape index (κ3) is 5.26. The zero-order valence-corrected chi connectivity index (χ0v) is 15.1. The summed E-state index contributed by atoms with van der Waals surface area (Å²) in [6.45, 7) is 9.99. The zero-order valence-electron chi connectivity index (χ0n) is 15.1. The fraction of sp³-hybridized carbons (Fsp3) is 0.889. The third-order valence-corrected chi connectivity index (χ3v) is 4.21. The number of hydrogen-bond acceptors (Lipinski definition) is 5. The van der Waals surface area contributed by atoms with Gasteiger partial charge in [0, 0.05) is 0 Å². The molecule has 0 aromatic heterocycles. The Morgan fingerprint density at radius 2 is 1.83 bits per heavy atom. The third-order valence-electron chi connectivity index (χ3n) is 4.21. The van der Waals surface area contributed by atoms with Gasteiger partial charge in [0.1, 0.15) is 24.4 Å². The van der Waals surface area contributed by atoms with Gasteiger partial charge in [-0.1, -0.05) is 31.9 Å². The van der Waals surface area contributed by atoms with Crippen molar-refractivity contribution in [2.75, 3.05) is 6.61 Å². The lowest BCUT2D eigenvalue weighted by Crippen LogP contribution is -2.44. The summed E-state index contributed by atoms with van der Waals surface area (Å²) in [5.41, 5.74) is 0. The summed E-state index contributed by atoms with van der Waals surface area (Å²) < 4.78 is 23.2. The van der Waals surface area contributed by atoms with Gasteiger partial charge < -0.3 is 24.1 Å². The first-order valence-electron chi connectivity index (χ1n) is 8.76. The second-order valence-corrected chi connectivity index (χ2v) is 7.35. The lowest BCUT2D eigenvalue weighted by Gasteiger charge is -2.26. The molecule has 4 atom stereocenters. The van der Waals surface area contributed by atoms with Crippen molar-refractivity contribution in [2.24, 2.45) is 0 Å². The molecule has 2 fully saturated rings. The SMILES string of the molecule is CCCCC/C=C\[C@H]1OC(C)(C)O[C@H]1[C@H](O)[C@@H]1COC(C)(C)O1. The Morgan fingerprint density at radius 3 is 2.43 bits per heavy atom. The molecule has 0 unspecified atom stereocenters. The maximum atomic E-state index is 10.7. The Morgan fingerprint density at radius 1 is 1.09 bits per heavy atom. The number of hydrogen-bond donors (Lipinski definition) is 1. The molecule has 2 heterocycles. The molecule has 0 aromatic rings. The van der Waals surface area contributed by atoms with Crippen molar-refractivity contribution in [2.45, 2.75) is 96.3 Å². The van der Waals surface area contributed by atoms with E-state index in [9.17, 15) is 5.11 Å². The molecule has 2 rings (SSSR count). The highest BCUT2D eigenvalue weighted by molar-refractivity contribution is 5.02. The van der Waals surface area contributed by atoms with Gasteiger partial charge in [-0.15, -0.1) is 0 Å². The summed E-state index contributed by atoms with van der Waals surface area (Å²) in [5.74, 6) is -1.37. The van der Waals surface area contributed by atoms with Gasteiger partial charge in [0.25, 0.3) is 0 Å². The van der Waals surface area contributed by atoms with E-state index < -0.39 is 29.9 Å². The van der Waals surface area contributed by atoms with Crippen LogP contribution in [-0.4, -0.2) is 47.7 Å². The van der Waals surface area contributed by atoms with Crippen molar-refractivity contribution in [3.8, 4) is 0 Å². The molecule has 0 aliphatic carbocycles. The lowest BCUT2D eigenvalue weighted by atomic mass is 10.0. The van der Waals surface area contributed by atoms with E-state index in [-0.39, 0.29) is 6.10 Å². The molecule has 5 nitrogen and oxygen atoms in total. The number of rotatable bonds is 7. The minimum atomic E-state index is -0.788. The summed E-state index contributed by atoms with van der Waals surface area (Å²) in [7, 11) is 0. The molecule has 5 heteroatoms. The molecule has 23 heavy (non-hydrogen) atoms. The van der Waals surface area contributed by atoms with E-state index in [0.29, 0.717) is 6.61 Å². The summed E-state index contributed by atoms with van der Waals surface area (Å²) in [6, 6.07) is 0. The van der Waals surface area contributed by atoms with Crippen molar-refractivity contribution < 1.29 is 24.1 Å². The van der Waals surface area contributed by atoms with Gasteiger partial charge in [-0.2, -0.15) is 0 Å². The van der Waals surface area contributed by atoms with Crippen LogP contribution in [0.25, 0.3) is 0 Å². The quantitative estimate of drug-likeness (QED) is 0.575. The van der Waals surface area contributed by atoms with Gasteiger partial charge in [0.15, 0.2) is 11.6 Å². The Bertz CT molecular complexity index is 404. The summed E-state index contributed by atoms with van der Waals surface area (Å²) in [5, 5.41) is 10.7. The molecule has 0 radical (unpaired) electrons. The van der Waals surface area contributed by atoms with E-state index >= 15 is 0 Å². The number of aliphatic hydroxyl groups excluding tert-OH is 1. The van der Waals surface area contributed by atoms with Crippen LogP contribution < -0.4 is 0 Å². The van der Waals surface area contributed by atoms with Gasteiger partial charge in [-0.05, 0) is 40.5 Å². The van der Waals surface area contributed by atoms with E-state index in [0.717, 1.165) is 6.42 Å². The molecule has 0 bridgehead atoms. The standard InChI is InChI=1S/C18H32O5/c1-6-7-8-9-10-11-13-16(23-18(4,5)21-13)15(19)14-12-20-17(2,3)22-14/h10-11,13-16,19H,6-9,12H2,1-5H3/b11-10-/t13-,14+,15-,16-/m1/s1. The van der Waals surface area contributed by atoms with E-state index in [4.69, 9.17) is 18.9 Å². The molecular formula is C18H32O5. The summed E-state index contributed by atoms with van der Waals surface area (Å²) in [4.78, 5) is 0. The number of aliphatic hydroxyl groups is 1. The fourth-order valence-electron chi connectivity index (χ4n) is 3.07. The largest absolute Gasteiger partial charge is 0.387 e. The summed E-state index contributed by atoms with van der Waals surface area (Å²) >= 11 is 0. The number of ether oxygens (including phenoxy) is 4. The number of allylic oxidation sites excluding steroid dienone is 1. The summed E-state index contributed by atoms with van der Waals surface area (Å²) in [6.07, 6.45) is 6.86. The zero-order chi connectivity index (χ0) is 17.1. The van der Waals surface area contributed by atoms with Crippen LogP contribution in [-0.2, 0) is 18.9 Å². The normalized spacial score (nSPS) is 34.3. The Labute approximate surface area is 139 Å². The van der Waals surface area contributed by atoms with Gasteiger partial charge >= 0.3 is 0 Å². The van der Waals surface area contributed by atoms with Crippen LogP contribution >= 0.6 is 0 Å². The van der Waals surface area contributed by atoms with Crippen molar-refractivity contribution in [3.05, 3.63) is 12.2 Å². The highest BCUT2D eigenvalue weighted by atomic mass is 16.8. The molecule has 0 amide bonds. The fourth-order valence-corrected chi connectivity index (χ4v) is 3.07. The van der Waals surface area contributed by atoms with Crippen LogP contribution in [0.4, 0.5) is 0 Å². The first kappa shape index (κ1) is 18.9. The van der Waals surface area contributed by atoms with Gasteiger partial charge in [-0.25, -0.2) is 0 Å². The van der Waals surface area contributed by atoms with Crippen molar-refractivity contribution >= 4 is 0 Å². The maximum Gasteiger partial charge on any atom is 0.164 e. The van der Waals surface area contributed by atoms with Crippen LogP contribution in [0.15, 0.2) is 12.2 Å². The highest BCUT2D eigenvalue weighted by Crippen LogP contribution is 2.34. The van der Waals surface area contributed by atoms with Crippen molar-refractivity contribution in [1.29, 1.82) is 0 Å². The highest BCUT2D eigenvalue weighted by Gasteiger charge is 2.48. The van der Waals surface area contributed by atoms with Crippen molar-refractivity contribution in [3.63, 3.8) is 0 Å². The van der Waals surface area contributed by atoms with E-state index in [1.54, 1.807) is 0 Å². The van der Waals surface area contributed by atoms with Crippen molar-refractivity contribution in [1.82, 2.24) is 0 Å². The Hall–Kier alpha value is -0.460. The second kappa shape index (κ2) is 7.62. The molecule has 2 saturated heterocycles. The second-order valence-electron chi connectivity index (χ2n) is 7.35. The predicted octanol–water partition coefficient (Wildman–Crippen LogP) is 3.16. The van der Waals surface area contributed by atoms with E-state index in [2.05, 4.69) is 13.0 Å². The number of unbranched alkanes of at least 4 members (excludes halogenated alkanes) is 3. The van der Waals surface area contributed by atoms with Crippen LogP contribution in [0.3, 0.4) is 0 Å². The smallest absolute Gasteiger partial charge is 0.164 e. The van der Waals surface area contributed by atoms with Crippen LogP contribution in [0.1, 0.15) is 60.3 Å². The average Bonchev–Trinajstić information content (AvgIpc) is 2.97. The van der Waals surface area contributed by atoms with E-state index in [1.165, 1.54) is 19.3 Å². The molecule has 134 valence electrons. The molecule has 0 spiro atoms. The topological polar surface area (TPSA) is 57.2 Å². The minimum absolute atomic E-state index is 0.270. The van der Waals surface area contributed by atoms with Crippen LogP contribution in [0, 0.1) is 0 Å². The first-order chi connectivity index (χ1) is 10.7. The lowest BCUT2D eigenvalue weighted by molar-refractivity contribution is -0.178. The molecule has 2 aliphatic rings. The molecule has 0 aromatic carbocycles. The van der Waals surface area contributed by atoms with Gasteiger partial charge in [0.05, 0.1) is 6.61 Å². The first-order valence-corrected chi connectivity index (χ1v) is 8.76. The average molecular weight is 328 g/mol. The Balaban J connectivity index is 1.96. The Kier molecular flexibility index (Phi) is 6.25. The maximum absolute atomic E-state index is 10.7. The molecule has 1 N–H and O–H groups in total. The molecule has 0 saturated carbocycles. The van der Waals surface area contributed by atoms with Crippen LogP contribution in [0.5, 0.6) is 0 Å². The van der Waals surface area contributed by atoms with Crippen LogP contribution in [0.2, 0.25) is 0 Å². The molecule has 2 aliphatic heterocycles. The van der Waals surface area contributed by atoms with Gasteiger partial charge in [-0.3, -0.25) is 0 Å². The van der Waals surface area contributed by atoms with E-state index in [1.807, 2.05) is 33.8 Å². The molecular weight excluding hydrogens is 296 g/mol. The monoisotopic (exact) mass is 328 g/mol. The van der Waals surface area contributed by atoms with Gasteiger partial charge in [0.2, 0.25) is 0 Å².